The Bertz CT molecular complexity index is 653. The smallest absolute Gasteiger partial charge is 0.252 e. The summed E-state index contributed by atoms with van der Waals surface area (Å²) in [4.78, 5) is 5.16. The van der Waals surface area contributed by atoms with E-state index in [-0.39, 0.29) is 5.54 Å². The van der Waals surface area contributed by atoms with Crippen LogP contribution in [0.15, 0.2) is 21.3 Å². The van der Waals surface area contributed by atoms with E-state index in [0.717, 1.165) is 24.1 Å². The second kappa shape index (κ2) is 7.19. The van der Waals surface area contributed by atoms with Crippen LogP contribution in [-0.2, 0) is 16.6 Å². The molecule has 0 unspecified atom stereocenters. The highest BCUT2D eigenvalue weighted by Gasteiger charge is 2.27. The van der Waals surface area contributed by atoms with E-state index in [0.29, 0.717) is 29.8 Å². The van der Waals surface area contributed by atoms with Crippen molar-refractivity contribution in [1.29, 1.82) is 0 Å². The molecule has 1 aromatic heterocycles. The second-order valence-electron chi connectivity index (χ2n) is 6.76. The van der Waals surface area contributed by atoms with Gasteiger partial charge in [0.25, 0.3) is 10.0 Å². The highest BCUT2D eigenvalue weighted by molar-refractivity contribution is 7.91. The topological polar surface area (TPSA) is 87.8 Å². The molecule has 0 saturated carbocycles. The van der Waals surface area contributed by atoms with Gasteiger partial charge in [-0.2, -0.15) is 4.31 Å². The minimum Gasteiger partial charge on any atom is -0.370 e. The van der Waals surface area contributed by atoms with E-state index in [1.54, 1.807) is 10.4 Å². The van der Waals surface area contributed by atoms with Crippen LogP contribution in [0.1, 0.15) is 44.9 Å². The minimum atomic E-state index is -3.35. The van der Waals surface area contributed by atoms with Gasteiger partial charge in [-0.1, -0.05) is 6.42 Å². The number of nitrogens with zero attached hydrogens (tertiary/aromatic N) is 2. The average molecular weight is 359 g/mol. The van der Waals surface area contributed by atoms with E-state index in [2.05, 4.69) is 10.3 Å². The second-order valence-corrected chi connectivity index (χ2v) is 10.1. The Morgan fingerprint density at radius 3 is 2.57 bits per heavy atom. The Kier molecular flexibility index (Phi) is 5.70. The SMILES string of the molecule is CC(C)(C)NC(N)=NCc1ccc(S(=O)(=O)N2CCCCC2)s1. The van der Waals surface area contributed by atoms with E-state index in [1.165, 1.54) is 11.3 Å². The normalized spacial score (nSPS) is 18.1. The zero-order valence-corrected chi connectivity index (χ0v) is 15.6. The third kappa shape index (κ3) is 5.19. The lowest BCUT2D eigenvalue weighted by Gasteiger charge is -2.25. The molecule has 8 heteroatoms. The van der Waals surface area contributed by atoms with Crippen molar-refractivity contribution in [2.75, 3.05) is 13.1 Å². The van der Waals surface area contributed by atoms with Crippen molar-refractivity contribution in [2.24, 2.45) is 10.7 Å². The molecule has 0 spiro atoms. The molecule has 23 heavy (non-hydrogen) atoms. The van der Waals surface area contributed by atoms with Crippen LogP contribution in [0, 0.1) is 0 Å². The summed E-state index contributed by atoms with van der Waals surface area (Å²) in [5.74, 6) is 0.367. The van der Waals surface area contributed by atoms with E-state index in [1.807, 2.05) is 26.8 Å². The minimum absolute atomic E-state index is 0.147. The van der Waals surface area contributed by atoms with Crippen LogP contribution in [0.2, 0.25) is 0 Å². The molecule has 2 rings (SSSR count). The maximum absolute atomic E-state index is 12.6. The van der Waals surface area contributed by atoms with Gasteiger partial charge >= 0.3 is 0 Å². The van der Waals surface area contributed by atoms with Crippen LogP contribution >= 0.6 is 11.3 Å². The van der Waals surface area contributed by atoms with E-state index < -0.39 is 10.0 Å². The third-order valence-corrected chi connectivity index (χ3v) is 6.89. The third-order valence-electron chi connectivity index (χ3n) is 3.45. The highest BCUT2D eigenvalue weighted by atomic mass is 32.2. The molecule has 3 N–H and O–H groups in total. The van der Waals surface area contributed by atoms with Crippen molar-refractivity contribution < 1.29 is 8.42 Å². The molecule has 6 nitrogen and oxygen atoms in total. The van der Waals surface area contributed by atoms with E-state index >= 15 is 0 Å². The van der Waals surface area contributed by atoms with Crippen molar-refractivity contribution in [1.82, 2.24) is 9.62 Å². The van der Waals surface area contributed by atoms with Gasteiger partial charge < -0.3 is 11.1 Å². The summed E-state index contributed by atoms with van der Waals surface area (Å²) < 4.78 is 27.2. The molecule has 0 aliphatic carbocycles. The lowest BCUT2D eigenvalue weighted by atomic mass is 10.1. The number of piperidine rings is 1. The van der Waals surface area contributed by atoms with Crippen LogP contribution in [0.25, 0.3) is 0 Å². The molecule has 0 amide bonds. The Hall–Kier alpha value is -1.12. The van der Waals surface area contributed by atoms with Gasteiger partial charge in [0.2, 0.25) is 0 Å². The first-order valence-electron chi connectivity index (χ1n) is 7.85. The van der Waals surface area contributed by atoms with Crippen molar-refractivity contribution in [3.8, 4) is 0 Å². The average Bonchev–Trinajstić information content (AvgIpc) is 2.94. The van der Waals surface area contributed by atoms with Crippen molar-refractivity contribution in [2.45, 2.75) is 56.3 Å². The summed E-state index contributed by atoms with van der Waals surface area (Å²) >= 11 is 1.27. The number of rotatable bonds is 4. The Balaban J connectivity index is 2.04. The van der Waals surface area contributed by atoms with Gasteiger partial charge in [0, 0.05) is 23.5 Å². The lowest BCUT2D eigenvalue weighted by molar-refractivity contribution is 0.347. The molecule has 1 aromatic rings. The fourth-order valence-corrected chi connectivity index (χ4v) is 5.35. The quantitative estimate of drug-likeness (QED) is 0.637. The summed E-state index contributed by atoms with van der Waals surface area (Å²) in [6.45, 7) is 7.64. The van der Waals surface area contributed by atoms with Crippen LogP contribution in [-0.4, -0.2) is 37.3 Å². The molecule has 0 aromatic carbocycles. The largest absolute Gasteiger partial charge is 0.370 e. The maximum Gasteiger partial charge on any atom is 0.252 e. The molecular weight excluding hydrogens is 332 g/mol. The summed E-state index contributed by atoms with van der Waals surface area (Å²) in [6, 6.07) is 3.49. The Morgan fingerprint density at radius 1 is 1.30 bits per heavy atom. The first-order chi connectivity index (χ1) is 10.7. The predicted molar refractivity (Wildman–Crippen MR) is 95.1 cm³/mol. The van der Waals surface area contributed by atoms with Gasteiger partial charge in [-0.05, 0) is 45.7 Å². The van der Waals surface area contributed by atoms with Crippen LogP contribution in [0.3, 0.4) is 0 Å². The van der Waals surface area contributed by atoms with Gasteiger partial charge in [0.05, 0.1) is 6.54 Å². The summed E-state index contributed by atoms with van der Waals surface area (Å²) in [7, 11) is -3.35. The molecule has 0 bridgehead atoms. The summed E-state index contributed by atoms with van der Waals surface area (Å²) in [5.41, 5.74) is 5.69. The Labute approximate surface area is 142 Å². The van der Waals surface area contributed by atoms with Crippen molar-refractivity contribution in [3.05, 3.63) is 17.0 Å². The monoisotopic (exact) mass is 358 g/mol. The first-order valence-corrected chi connectivity index (χ1v) is 10.1. The number of aliphatic imine (C=N–C) groups is 1. The first kappa shape index (κ1) is 18.2. The number of hydrogen-bond acceptors (Lipinski definition) is 4. The van der Waals surface area contributed by atoms with Crippen LogP contribution in [0.5, 0.6) is 0 Å². The highest BCUT2D eigenvalue weighted by Crippen LogP contribution is 2.27. The fraction of sp³-hybridized carbons (Fsp3) is 0.667. The summed E-state index contributed by atoms with van der Waals surface area (Å²) in [6.07, 6.45) is 2.99. The fourth-order valence-electron chi connectivity index (χ4n) is 2.40. The molecule has 1 saturated heterocycles. The maximum atomic E-state index is 12.6. The molecule has 1 aliphatic heterocycles. The number of guanidine groups is 1. The molecule has 130 valence electrons. The van der Waals surface area contributed by atoms with Gasteiger partial charge in [0.15, 0.2) is 5.96 Å². The van der Waals surface area contributed by atoms with E-state index in [9.17, 15) is 8.42 Å². The standard InChI is InChI=1S/C15H26N4O2S2/c1-15(2,3)18-14(16)17-11-12-7-8-13(22-12)23(20,21)19-9-5-4-6-10-19/h7-8H,4-6,9-11H2,1-3H3,(H3,16,17,18). The molecule has 0 atom stereocenters. The zero-order valence-electron chi connectivity index (χ0n) is 14.0. The number of hydrogen-bond donors (Lipinski definition) is 2. The van der Waals surface area contributed by atoms with Gasteiger partial charge in [0.1, 0.15) is 4.21 Å². The van der Waals surface area contributed by atoms with Crippen molar-refractivity contribution in [3.63, 3.8) is 0 Å². The van der Waals surface area contributed by atoms with Gasteiger partial charge in [-0.25, -0.2) is 13.4 Å². The van der Waals surface area contributed by atoms with Gasteiger partial charge in [-0.15, -0.1) is 11.3 Å². The number of nitrogens with one attached hydrogen (secondary N) is 1. The molecule has 1 fully saturated rings. The number of nitrogens with two attached hydrogens (primary N) is 1. The Morgan fingerprint density at radius 2 is 1.96 bits per heavy atom. The van der Waals surface area contributed by atoms with Crippen molar-refractivity contribution >= 4 is 27.3 Å². The number of thiophene rings is 1. The summed E-state index contributed by atoms with van der Waals surface area (Å²) in [5, 5.41) is 3.08. The van der Waals surface area contributed by atoms with Crippen LogP contribution in [0.4, 0.5) is 0 Å². The van der Waals surface area contributed by atoms with Crippen LogP contribution < -0.4 is 11.1 Å². The molecular formula is C15H26N4O2S2. The molecule has 1 aliphatic rings. The van der Waals surface area contributed by atoms with E-state index in [4.69, 9.17) is 5.73 Å². The lowest BCUT2D eigenvalue weighted by Crippen LogP contribution is -2.44. The molecule has 2 heterocycles. The zero-order chi connectivity index (χ0) is 17.1. The number of sulfonamides is 1. The van der Waals surface area contributed by atoms with Gasteiger partial charge in [-0.3, -0.25) is 0 Å². The predicted octanol–water partition coefficient (Wildman–Crippen LogP) is 2.13. The molecule has 0 radical (unpaired) electrons.